The van der Waals surface area contributed by atoms with Crippen molar-refractivity contribution < 1.29 is 32.5 Å². The lowest BCUT2D eigenvalue weighted by atomic mass is 9.99. The van der Waals surface area contributed by atoms with Crippen LogP contribution in [-0.4, -0.2) is 48.8 Å². The molecule has 0 saturated carbocycles. The van der Waals surface area contributed by atoms with Crippen LogP contribution in [-0.2, 0) is 14.3 Å². The molecule has 4 unspecified atom stereocenters. The van der Waals surface area contributed by atoms with Crippen LogP contribution in [0.5, 0.6) is 0 Å². The van der Waals surface area contributed by atoms with E-state index in [-0.39, 0.29) is 6.42 Å². The van der Waals surface area contributed by atoms with E-state index in [1.807, 2.05) is 13.8 Å². The molecule has 1 amide bonds. The average molecular weight is 287 g/mol. The molecule has 4 atom stereocenters. The van der Waals surface area contributed by atoms with E-state index in [2.05, 4.69) is 0 Å². The molecule has 1 rings (SSSR count). The van der Waals surface area contributed by atoms with Gasteiger partial charge < -0.3 is 19.9 Å². The van der Waals surface area contributed by atoms with Gasteiger partial charge in [0.05, 0.1) is 12.1 Å². The summed E-state index contributed by atoms with van der Waals surface area (Å²) >= 11 is 0. The van der Waals surface area contributed by atoms with Crippen molar-refractivity contribution in [3.8, 4) is 0 Å². The van der Waals surface area contributed by atoms with E-state index in [0.29, 0.717) is 0 Å². The van der Waals surface area contributed by atoms with Crippen molar-refractivity contribution in [3.63, 3.8) is 0 Å². The van der Waals surface area contributed by atoms with Crippen LogP contribution in [0.2, 0.25) is 0 Å². The molecule has 0 aromatic heterocycles. The van der Waals surface area contributed by atoms with Crippen LogP contribution in [0.4, 0.5) is 13.2 Å². The van der Waals surface area contributed by atoms with Gasteiger partial charge in [0.2, 0.25) is 0 Å². The smallest absolute Gasteiger partial charge is 0.388 e. The Morgan fingerprint density at radius 2 is 1.95 bits per heavy atom. The Morgan fingerprint density at radius 1 is 1.42 bits per heavy atom. The summed E-state index contributed by atoms with van der Waals surface area (Å²) in [4.78, 5) is 10.8. The summed E-state index contributed by atoms with van der Waals surface area (Å²) in [6, 6.07) is -1.04. The third kappa shape index (κ3) is 5.33. The Labute approximate surface area is 110 Å². The highest BCUT2D eigenvalue weighted by Gasteiger charge is 2.43. The average Bonchev–Trinajstić information content (AvgIpc) is 2.35. The number of carbonyl (C=O) groups is 1. The van der Waals surface area contributed by atoms with Crippen molar-refractivity contribution in [3.05, 3.63) is 0 Å². The molecule has 8 heteroatoms. The summed E-state index contributed by atoms with van der Waals surface area (Å²) in [5.41, 5.74) is 0. The van der Waals surface area contributed by atoms with Gasteiger partial charge in [0, 0.05) is 13.5 Å². The Hall–Kier alpha value is -0.860. The molecule has 1 aliphatic heterocycles. The second-order valence-corrected chi connectivity index (χ2v) is 3.81. The van der Waals surface area contributed by atoms with E-state index >= 15 is 0 Å². The predicted octanol–water partition coefficient (Wildman–Crippen LogP) is 1.20. The van der Waals surface area contributed by atoms with Crippen LogP contribution in [0.15, 0.2) is 0 Å². The third-order valence-corrected chi connectivity index (χ3v) is 2.54. The van der Waals surface area contributed by atoms with Crippen LogP contribution in [0, 0.1) is 0 Å². The number of carbonyl (C=O) groups excluding carboxylic acids is 1. The maximum absolute atomic E-state index is 12.1. The number of hydrogen-bond donors (Lipinski definition) is 2. The first-order valence-corrected chi connectivity index (χ1v) is 5.99. The zero-order valence-electron chi connectivity index (χ0n) is 11.3. The van der Waals surface area contributed by atoms with Gasteiger partial charge >= 0.3 is 12.1 Å². The molecule has 1 saturated heterocycles. The van der Waals surface area contributed by atoms with Crippen molar-refractivity contribution in [1.29, 1.82) is 0 Å². The van der Waals surface area contributed by atoms with Gasteiger partial charge in [-0.05, 0) is 6.92 Å². The number of hydrogen-bond acceptors (Lipinski definition) is 4. The molecule has 1 aliphatic rings. The third-order valence-electron chi connectivity index (χ3n) is 2.54. The molecule has 0 aromatic rings. The number of amides is 1. The van der Waals surface area contributed by atoms with Crippen molar-refractivity contribution >= 4 is 5.91 Å². The lowest BCUT2D eigenvalue weighted by Gasteiger charge is -2.37. The molecule has 0 aromatic carbocycles. The summed E-state index contributed by atoms with van der Waals surface area (Å²) in [5.74, 6) is -2.08. The summed E-state index contributed by atoms with van der Waals surface area (Å²) in [5, 5.41) is 11.3. The van der Waals surface area contributed by atoms with E-state index < -0.39 is 36.6 Å². The fourth-order valence-corrected chi connectivity index (χ4v) is 1.60. The number of ether oxygens (including phenoxy) is 2. The van der Waals surface area contributed by atoms with Crippen LogP contribution >= 0.6 is 0 Å². The van der Waals surface area contributed by atoms with Crippen molar-refractivity contribution in [2.24, 2.45) is 0 Å². The van der Waals surface area contributed by atoms with Gasteiger partial charge in [0.25, 0.3) is 0 Å². The highest BCUT2D eigenvalue weighted by molar-refractivity contribution is 5.82. The maximum atomic E-state index is 12.1. The summed E-state index contributed by atoms with van der Waals surface area (Å²) in [7, 11) is 1.33. The van der Waals surface area contributed by atoms with E-state index in [0.717, 1.165) is 0 Å². The molecular formula is C11H20F3NO4. The molecule has 1 heterocycles. The van der Waals surface area contributed by atoms with Crippen molar-refractivity contribution in [2.75, 3.05) is 7.11 Å². The van der Waals surface area contributed by atoms with Gasteiger partial charge in [-0.15, -0.1) is 0 Å². The number of alkyl halides is 3. The maximum Gasteiger partial charge on any atom is 0.471 e. The zero-order chi connectivity index (χ0) is 15.2. The lowest BCUT2D eigenvalue weighted by Crippen LogP contribution is -2.57. The quantitative estimate of drug-likeness (QED) is 0.801. The number of rotatable bonds is 2. The summed E-state index contributed by atoms with van der Waals surface area (Å²) < 4.78 is 46.1. The topological polar surface area (TPSA) is 67.8 Å². The molecule has 5 nitrogen and oxygen atoms in total. The Kier molecular flexibility index (Phi) is 7.32. The number of aliphatic hydroxyl groups excluding tert-OH is 1. The second kappa shape index (κ2) is 7.66. The van der Waals surface area contributed by atoms with Crippen LogP contribution in [0.25, 0.3) is 0 Å². The van der Waals surface area contributed by atoms with E-state index in [1.54, 1.807) is 5.32 Å². The number of halogens is 3. The Balaban J connectivity index is 0.00000154. The molecule has 1 fully saturated rings. The molecule has 0 aliphatic carbocycles. The fourth-order valence-electron chi connectivity index (χ4n) is 1.60. The first-order valence-electron chi connectivity index (χ1n) is 5.99. The van der Waals surface area contributed by atoms with Gasteiger partial charge in [-0.2, -0.15) is 13.2 Å². The Bertz CT molecular complexity index is 286. The van der Waals surface area contributed by atoms with Gasteiger partial charge in [0.1, 0.15) is 6.10 Å². The van der Waals surface area contributed by atoms with Crippen LogP contribution in [0.3, 0.4) is 0 Å². The normalized spacial score (nSPS) is 31.2. The summed E-state index contributed by atoms with van der Waals surface area (Å²) in [6.07, 6.45) is -7.67. The van der Waals surface area contributed by atoms with Crippen LogP contribution in [0.1, 0.15) is 27.2 Å². The minimum absolute atomic E-state index is 0.0379. The largest absolute Gasteiger partial charge is 0.471 e. The minimum atomic E-state index is -4.97. The van der Waals surface area contributed by atoms with Crippen LogP contribution < -0.4 is 5.32 Å². The van der Waals surface area contributed by atoms with Gasteiger partial charge in [0.15, 0.2) is 6.29 Å². The lowest BCUT2D eigenvalue weighted by molar-refractivity contribution is -0.218. The van der Waals surface area contributed by atoms with Gasteiger partial charge in [-0.25, -0.2) is 0 Å². The fraction of sp³-hybridized carbons (Fsp3) is 0.909. The summed E-state index contributed by atoms with van der Waals surface area (Å²) in [6.45, 7) is 5.49. The molecule has 0 spiro atoms. The highest BCUT2D eigenvalue weighted by atomic mass is 19.4. The standard InChI is InChI=1S/C9H14F3NO4.C2H6/c1-4-7(14)5(3-6(16-2)17-4)13-8(15)9(10,11)12;1-2/h4-7,14H,3H2,1-2H3,(H,13,15);1-2H3. The van der Waals surface area contributed by atoms with Crippen molar-refractivity contribution in [1.82, 2.24) is 5.32 Å². The first kappa shape index (κ1) is 18.1. The first-order chi connectivity index (χ1) is 8.75. The molecule has 0 radical (unpaired) electrons. The second-order valence-electron chi connectivity index (χ2n) is 3.81. The SMILES string of the molecule is CC.COC1CC(NC(=O)C(F)(F)F)C(O)C(C)O1. The minimum Gasteiger partial charge on any atom is -0.388 e. The van der Waals surface area contributed by atoms with E-state index in [9.17, 15) is 23.1 Å². The van der Waals surface area contributed by atoms with Crippen molar-refractivity contribution in [2.45, 2.75) is 57.9 Å². The van der Waals surface area contributed by atoms with Gasteiger partial charge in [-0.3, -0.25) is 4.79 Å². The number of nitrogens with one attached hydrogen (secondary N) is 1. The van der Waals surface area contributed by atoms with E-state index in [4.69, 9.17) is 9.47 Å². The zero-order valence-corrected chi connectivity index (χ0v) is 11.3. The van der Waals surface area contributed by atoms with E-state index in [1.165, 1.54) is 14.0 Å². The monoisotopic (exact) mass is 287 g/mol. The molecule has 114 valence electrons. The Morgan fingerprint density at radius 3 is 2.37 bits per heavy atom. The number of methoxy groups -OCH3 is 1. The molecular weight excluding hydrogens is 267 g/mol. The van der Waals surface area contributed by atoms with Gasteiger partial charge in [-0.1, -0.05) is 13.8 Å². The molecule has 2 N–H and O–H groups in total. The number of aliphatic hydroxyl groups is 1. The molecule has 19 heavy (non-hydrogen) atoms. The highest BCUT2D eigenvalue weighted by Crippen LogP contribution is 2.22. The predicted molar refractivity (Wildman–Crippen MR) is 61.3 cm³/mol. The molecule has 0 bridgehead atoms.